The Morgan fingerprint density at radius 1 is 1.56 bits per heavy atom. The summed E-state index contributed by atoms with van der Waals surface area (Å²) in [6.45, 7) is 4.46. The molecule has 1 aliphatic rings. The van der Waals surface area contributed by atoms with E-state index >= 15 is 0 Å². The number of anilines is 1. The van der Waals surface area contributed by atoms with Gasteiger partial charge < -0.3 is 15.1 Å². The number of rotatable bonds is 5. The van der Waals surface area contributed by atoms with Crippen molar-refractivity contribution in [2.24, 2.45) is 5.92 Å². The average molecular weight is 248 g/mol. The second-order valence-electron chi connectivity index (χ2n) is 5.33. The standard InChI is InChI=1S/C14H24N4/c1-15-8-13-9-16-6-4-14(13)18(3)11-12-5-7-17(2)10-12/h4,6,9,12,15H,5,7-8,10-11H2,1-3H3. The van der Waals surface area contributed by atoms with E-state index in [-0.39, 0.29) is 0 Å². The largest absolute Gasteiger partial charge is 0.374 e. The van der Waals surface area contributed by atoms with E-state index in [1.165, 1.54) is 30.8 Å². The highest BCUT2D eigenvalue weighted by Crippen LogP contribution is 2.22. The summed E-state index contributed by atoms with van der Waals surface area (Å²) in [5.41, 5.74) is 2.57. The molecule has 0 spiro atoms. The summed E-state index contributed by atoms with van der Waals surface area (Å²) in [7, 11) is 6.37. The van der Waals surface area contributed by atoms with Crippen LogP contribution in [0.4, 0.5) is 5.69 Å². The first-order chi connectivity index (χ1) is 8.70. The third-order valence-corrected chi connectivity index (χ3v) is 3.68. The summed E-state index contributed by atoms with van der Waals surface area (Å²) in [5, 5.41) is 3.21. The van der Waals surface area contributed by atoms with Gasteiger partial charge in [-0.25, -0.2) is 0 Å². The van der Waals surface area contributed by atoms with E-state index in [2.05, 4.69) is 40.3 Å². The van der Waals surface area contributed by atoms with Crippen molar-refractivity contribution in [3.8, 4) is 0 Å². The SMILES string of the molecule is CNCc1cnccc1N(C)CC1CCN(C)C1. The minimum absolute atomic E-state index is 0.788. The smallest absolute Gasteiger partial charge is 0.0440 e. The molecule has 0 aromatic carbocycles. The molecule has 1 fully saturated rings. The zero-order valence-corrected chi connectivity index (χ0v) is 11.7. The molecule has 1 saturated heterocycles. The van der Waals surface area contributed by atoms with Crippen LogP contribution < -0.4 is 10.2 Å². The molecule has 0 radical (unpaired) electrons. The minimum Gasteiger partial charge on any atom is -0.374 e. The van der Waals surface area contributed by atoms with Crippen molar-refractivity contribution in [1.29, 1.82) is 0 Å². The van der Waals surface area contributed by atoms with Crippen molar-refractivity contribution in [3.63, 3.8) is 0 Å². The lowest BCUT2D eigenvalue weighted by Crippen LogP contribution is -2.28. The molecule has 0 bridgehead atoms. The predicted molar refractivity (Wildman–Crippen MR) is 75.9 cm³/mol. The maximum Gasteiger partial charge on any atom is 0.0440 e. The summed E-state index contributed by atoms with van der Waals surface area (Å²) >= 11 is 0. The Labute approximate surface area is 110 Å². The van der Waals surface area contributed by atoms with Gasteiger partial charge in [0.1, 0.15) is 0 Å². The van der Waals surface area contributed by atoms with Gasteiger partial charge in [-0.2, -0.15) is 0 Å². The molecular weight excluding hydrogens is 224 g/mol. The van der Waals surface area contributed by atoms with E-state index in [4.69, 9.17) is 0 Å². The van der Waals surface area contributed by atoms with Crippen LogP contribution in [0.2, 0.25) is 0 Å². The van der Waals surface area contributed by atoms with E-state index in [9.17, 15) is 0 Å². The van der Waals surface area contributed by atoms with Gasteiger partial charge >= 0.3 is 0 Å². The number of aromatic nitrogens is 1. The van der Waals surface area contributed by atoms with E-state index in [0.717, 1.165) is 19.0 Å². The number of hydrogen-bond acceptors (Lipinski definition) is 4. The molecule has 1 aromatic heterocycles. The van der Waals surface area contributed by atoms with Crippen LogP contribution in [0.1, 0.15) is 12.0 Å². The molecule has 18 heavy (non-hydrogen) atoms. The number of pyridine rings is 1. The Kier molecular flexibility index (Phi) is 4.55. The Balaban J connectivity index is 2.01. The quantitative estimate of drug-likeness (QED) is 0.848. The zero-order valence-electron chi connectivity index (χ0n) is 11.7. The first-order valence-electron chi connectivity index (χ1n) is 6.68. The highest BCUT2D eigenvalue weighted by molar-refractivity contribution is 5.51. The molecule has 4 heteroatoms. The van der Waals surface area contributed by atoms with Gasteiger partial charge in [0.15, 0.2) is 0 Å². The number of likely N-dealkylation sites (tertiary alicyclic amines) is 1. The molecule has 1 aliphatic heterocycles. The molecule has 1 aromatic rings. The Hall–Kier alpha value is -1.13. The Morgan fingerprint density at radius 2 is 2.39 bits per heavy atom. The van der Waals surface area contributed by atoms with Crippen LogP contribution in [0.15, 0.2) is 18.5 Å². The zero-order chi connectivity index (χ0) is 13.0. The summed E-state index contributed by atoms with van der Waals surface area (Å²) in [4.78, 5) is 9.00. The predicted octanol–water partition coefficient (Wildman–Crippen LogP) is 1.19. The average Bonchev–Trinajstić information content (AvgIpc) is 2.76. The highest BCUT2D eigenvalue weighted by Gasteiger charge is 2.21. The van der Waals surface area contributed by atoms with Crippen LogP contribution in [0.3, 0.4) is 0 Å². The summed E-state index contributed by atoms with van der Waals surface area (Å²) in [6, 6.07) is 2.12. The first-order valence-corrected chi connectivity index (χ1v) is 6.68. The minimum atomic E-state index is 0.788. The normalized spacial score (nSPS) is 20.3. The molecule has 0 saturated carbocycles. The molecule has 2 heterocycles. The van der Waals surface area contributed by atoms with E-state index in [1.54, 1.807) is 0 Å². The highest BCUT2D eigenvalue weighted by atomic mass is 15.2. The third-order valence-electron chi connectivity index (χ3n) is 3.68. The molecule has 2 rings (SSSR count). The molecule has 1 N–H and O–H groups in total. The molecule has 1 unspecified atom stereocenters. The van der Waals surface area contributed by atoms with Gasteiger partial charge in [-0.05, 0) is 39.0 Å². The van der Waals surface area contributed by atoms with Crippen LogP contribution in [0.25, 0.3) is 0 Å². The monoisotopic (exact) mass is 248 g/mol. The van der Waals surface area contributed by atoms with Crippen LogP contribution >= 0.6 is 0 Å². The van der Waals surface area contributed by atoms with Crippen LogP contribution in [-0.4, -0.2) is 50.7 Å². The van der Waals surface area contributed by atoms with Gasteiger partial charge in [0, 0.05) is 50.3 Å². The van der Waals surface area contributed by atoms with Crippen molar-refractivity contribution in [2.75, 3.05) is 45.7 Å². The Morgan fingerprint density at radius 3 is 3.06 bits per heavy atom. The number of nitrogens with zero attached hydrogens (tertiary/aromatic N) is 3. The fraction of sp³-hybridized carbons (Fsp3) is 0.643. The fourth-order valence-corrected chi connectivity index (χ4v) is 2.78. The van der Waals surface area contributed by atoms with Crippen LogP contribution in [0.5, 0.6) is 0 Å². The maximum absolute atomic E-state index is 4.22. The van der Waals surface area contributed by atoms with E-state index in [0.29, 0.717) is 0 Å². The van der Waals surface area contributed by atoms with Crippen LogP contribution in [0, 0.1) is 5.92 Å². The lowest BCUT2D eigenvalue weighted by Gasteiger charge is -2.25. The Bertz CT molecular complexity index is 380. The fourth-order valence-electron chi connectivity index (χ4n) is 2.78. The molecule has 4 nitrogen and oxygen atoms in total. The van der Waals surface area contributed by atoms with E-state index < -0.39 is 0 Å². The lowest BCUT2D eigenvalue weighted by molar-refractivity contribution is 0.396. The summed E-state index contributed by atoms with van der Waals surface area (Å²) < 4.78 is 0. The third kappa shape index (κ3) is 3.21. The molecule has 100 valence electrons. The van der Waals surface area contributed by atoms with Crippen molar-refractivity contribution >= 4 is 5.69 Å². The topological polar surface area (TPSA) is 31.4 Å². The summed E-state index contributed by atoms with van der Waals surface area (Å²) in [5.74, 6) is 0.788. The maximum atomic E-state index is 4.22. The van der Waals surface area contributed by atoms with Gasteiger partial charge in [-0.15, -0.1) is 0 Å². The van der Waals surface area contributed by atoms with Crippen molar-refractivity contribution in [1.82, 2.24) is 15.2 Å². The molecule has 0 amide bonds. The van der Waals surface area contributed by atoms with Crippen LogP contribution in [-0.2, 0) is 6.54 Å². The number of hydrogen-bond donors (Lipinski definition) is 1. The first kappa shape index (κ1) is 13.3. The number of nitrogens with one attached hydrogen (secondary N) is 1. The van der Waals surface area contributed by atoms with Gasteiger partial charge in [0.25, 0.3) is 0 Å². The van der Waals surface area contributed by atoms with Gasteiger partial charge in [-0.1, -0.05) is 0 Å². The molecule has 0 aliphatic carbocycles. The molecule has 1 atom stereocenters. The lowest BCUT2D eigenvalue weighted by atomic mass is 10.1. The second-order valence-corrected chi connectivity index (χ2v) is 5.33. The van der Waals surface area contributed by atoms with Gasteiger partial charge in [-0.3, -0.25) is 4.98 Å². The van der Waals surface area contributed by atoms with Crippen molar-refractivity contribution in [3.05, 3.63) is 24.0 Å². The van der Waals surface area contributed by atoms with E-state index in [1.807, 2.05) is 19.4 Å². The molecular formula is C14H24N4. The van der Waals surface area contributed by atoms with Gasteiger partial charge in [0.05, 0.1) is 0 Å². The summed E-state index contributed by atoms with van der Waals surface area (Å²) in [6.07, 6.45) is 5.15. The van der Waals surface area contributed by atoms with Gasteiger partial charge in [0.2, 0.25) is 0 Å². The van der Waals surface area contributed by atoms with Crippen molar-refractivity contribution < 1.29 is 0 Å². The second kappa shape index (κ2) is 6.16. The van der Waals surface area contributed by atoms with Crippen molar-refractivity contribution in [2.45, 2.75) is 13.0 Å².